The Balaban J connectivity index is 1.00. The van der Waals surface area contributed by atoms with Crippen molar-refractivity contribution in [2.75, 3.05) is 13.2 Å². The predicted molar refractivity (Wildman–Crippen MR) is 175 cm³/mol. The van der Waals surface area contributed by atoms with Crippen LogP contribution in [-0.2, 0) is 38.0 Å². The van der Waals surface area contributed by atoms with E-state index < -0.39 is 85.0 Å². The summed E-state index contributed by atoms with van der Waals surface area (Å²) >= 11 is 0. The minimum Gasteiger partial charge on any atom is -0.459 e. The molecule has 3 aliphatic heterocycles. The molecule has 288 valence electrons. The van der Waals surface area contributed by atoms with E-state index in [0.29, 0.717) is 12.3 Å². The van der Waals surface area contributed by atoms with E-state index in [1.807, 2.05) is 0 Å². The zero-order valence-electron chi connectivity index (χ0n) is 30.0. The number of esters is 2. The summed E-state index contributed by atoms with van der Waals surface area (Å²) in [5.41, 5.74) is -0.807. The van der Waals surface area contributed by atoms with Gasteiger partial charge >= 0.3 is 11.9 Å². The van der Waals surface area contributed by atoms with Gasteiger partial charge in [0.2, 0.25) is 0 Å². The number of rotatable bonds is 7. The fourth-order valence-electron chi connectivity index (χ4n) is 11.7. The first-order valence-corrected chi connectivity index (χ1v) is 18.8. The Morgan fingerprint density at radius 2 is 1.73 bits per heavy atom. The monoisotopic (exact) mass is 724 g/mol. The SMILES string of the molecule is CC(=O)O[C@H]1C[C@H](O[C@H]2CC[C@@]3(C)[C@H](CC[C@@H]4[C@@H]3CC[C@]3(C)[C@@H](C5=CC(=O)OC5)[C@@H](O)C[C@]43O)C2)O[C@H](C)[C@H]1O[C@@H]1O[C@H](CO)[C@@H](O)[C@H](O)[C@H]1O. The Morgan fingerprint density at radius 1 is 0.961 bits per heavy atom. The molecular formula is C37H56O14. The van der Waals surface area contributed by atoms with E-state index in [1.54, 1.807) is 6.92 Å². The van der Waals surface area contributed by atoms with Crippen LogP contribution in [0.5, 0.6) is 0 Å². The highest BCUT2D eigenvalue weighted by Crippen LogP contribution is 2.70. The molecule has 14 heteroatoms. The molecule has 4 aliphatic carbocycles. The molecule has 0 aromatic heterocycles. The molecule has 4 saturated carbocycles. The first-order valence-electron chi connectivity index (χ1n) is 18.8. The van der Waals surface area contributed by atoms with Crippen LogP contribution >= 0.6 is 0 Å². The molecular weight excluding hydrogens is 668 g/mol. The van der Waals surface area contributed by atoms with Gasteiger partial charge in [0.05, 0.1) is 30.5 Å². The van der Waals surface area contributed by atoms with E-state index >= 15 is 0 Å². The molecule has 3 heterocycles. The van der Waals surface area contributed by atoms with Crippen molar-refractivity contribution in [3.05, 3.63) is 11.6 Å². The Morgan fingerprint density at radius 3 is 2.41 bits per heavy atom. The minimum atomic E-state index is -1.62. The normalized spacial score (nSPS) is 52.6. The highest BCUT2D eigenvalue weighted by molar-refractivity contribution is 5.85. The number of aliphatic hydroxyl groups excluding tert-OH is 5. The van der Waals surface area contributed by atoms with Gasteiger partial charge in [0, 0.05) is 37.2 Å². The summed E-state index contributed by atoms with van der Waals surface area (Å²) in [4.78, 5) is 24.1. The van der Waals surface area contributed by atoms with Crippen LogP contribution in [0.1, 0.15) is 85.5 Å². The lowest BCUT2D eigenvalue weighted by atomic mass is 9.43. The van der Waals surface area contributed by atoms with Crippen LogP contribution in [-0.4, -0.2) is 129 Å². The lowest BCUT2D eigenvalue weighted by Gasteiger charge is -2.63. The summed E-state index contributed by atoms with van der Waals surface area (Å²) in [6, 6.07) is 0. The van der Waals surface area contributed by atoms with Gasteiger partial charge in [-0.1, -0.05) is 13.8 Å². The van der Waals surface area contributed by atoms with Crippen molar-refractivity contribution in [3.63, 3.8) is 0 Å². The molecule has 0 bridgehead atoms. The lowest BCUT2D eigenvalue weighted by molar-refractivity contribution is -0.344. The van der Waals surface area contributed by atoms with E-state index in [4.69, 9.17) is 28.4 Å². The zero-order valence-corrected chi connectivity index (χ0v) is 30.0. The van der Waals surface area contributed by atoms with Crippen LogP contribution in [0, 0.1) is 34.5 Å². The van der Waals surface area contributed by atoms with Crippen LogP contribution in [0.15, 0.2) is 11.6 Å². The maximum atomic E-state index is 12.6. The Bertz CT molecular complexity index is 1360. The topological polar surface area (TPSA) is 211 Å². The quantitative estimate of drug-likeness (QED) is 0.159. The van der Waals surface area contributed by atoms with Crippen LogP contribution < -0.4 is 0 Å². The molecule has 6 N–H and O–H groups in total. The van der Waals surface area contributed by atoms with Crippen LogP contribution in [0.3, 0.4) is 0 Å². The third kappa shape index (κ3) is 6.28. The van der Waals surface area contributed by atoms with Crippen molar-refractivity contribution in [2.45, 2.75) is 159 Å². The molecule has 18 atom stereocenters. The first kappa shape index (κ1) is 37.6. The number of hydrogen-bond donors (Lipinski definition) is 6. The molecule has 2 saturated heterocycles. The van der Waals surface area contributed by atoms with Gasteiger partial charge in [-0.05, 0) is 80.6 Å². The maximum absolute atomic E-state index is 12.6. The first-order chi connectivity index (χ1) is 24.1. The van der Waals surface area contributed by atoms with E-state index in [1.165, 1.54) is 13.0 Å². The van der Waals surface area contributed by atoms with Gasteiger partial charge in [-0.15, -0.1) is 0 Å². The van der Waals surface area contributed by atoms with Gasteiger partial charge in [0.15, 0.2) is 12.6 Å². The molecule has 14 nitrogen and oxygen atoms in total. The van der Waals surface area contributed by atoms with E-state index in [0.717, 1.165) is 50.5 Å². The molecule has 0 aromatic carbocycles. The third-order valence-electron chi connectivity index (χ3n) is 14.3. The number of fused-ring (bicyclic) bond motifs is 5. The third-order valence-corrected chi connectivity index (χ3v) is 14.3. The molecule has 0 amide bonds. The fourth-order valence-corrected chi connectivity index (χ4v) is 11.7. The van der Waals surface area contributed by atoms with E-state index in [2.05, 4.69) is 13.8 Å². The summed E-state index contributed by atoms with van der Waals surface area (Å²) in [5.74, 6) is -0.525. The number of ether oxygens (including phenoxy) is 6. The highest BCUT2D eigenvalue weighted by Gasteiger charge is 2.70. The van der Waals surface area contributed by atoms with Crippen molar-refractivity contribution < 1.29 is 68.6 Å². The molecule has 6 fully saturated rings. The Hall–Kier alpha value is -1.72. The lowest BCUT2D eigenvalue weighted by Crippen LogP contribution is -2.62. The number of carbonyl (C=O) groups is 2. The second kappa shape index (κ2) is 13.8. The van der Waals surface area contributed by atoms with Crippen LogP contribution in [0.4, 0.5) is 0 Å². The molecule has 0 aromatic rings. The van der Waals surface area contributed by atoms with Crippen molar-refractivity contribution in [1.82, 2.24) is 0 Å². The fraction of sp³-hybridized carbons (Fsp3) is 0.892. The molecule has 0 radical (unpaired) electrons. The summed E-state index contributed by atoms with van der Waals surface area (Å²) < 4.78 is 35.3. The maximum Gasteiger partial charge on any atom is 0.331 e. The zero-order chi connectivity index (χ0) is 36.6. The van der Waals surface area contributed by atoms with Crippen molar-refractivity contribution in [1.29, 1.82) is 0 Å². The molecule has 7 rings (SSSR count). The van der Waals surface area contributed by atoms with Crippen molar-refractivity contribution in [2.24, 2.45) is 34.5 Å². The number of carbonyl (C=O) groups excluding carboxylic acids is 2. The summed E-state index contributed by atoms with van der Waals surface area (Å²) in [6.07, 6.45) is -3.26. The van der Waals surface area contributed by atoms with Crippen LogP contribution in [0.2, 0.25) is 0 Å². The average Bonchev–Trinajstić information content (AvgIpc) is 3.58. The summed E-state index contributed by atoms with van der Waals surface area (Å²) in [6.45, 7) is 7.06. The van der Waals surface area contributed by atoms with Crippen LogP contribution in [0.25, 0.3) is 0 Å². The highest BCUT2D eigenvalue weighted by atomic mass is 16.7. The second-order valence-electron chi connectivity index (χ2n) is 16.9. The average molecular weight is 725 g/mol. The predicted octanol–water partition coefficient (Wildman–Crippen LogP) is 0.851. The van der Waals surface area contributed by atoms with E-state index in [-0.39, 0.29) is 48.3 Å². The van der Waals surface area contributed by atoms with Gasteiger partial charge in [-0.3, -0.25) is 4.79 Å². The van der Waals surface area contributed by atoms with Crippen molar-refractivity contribution >= 4 is 11.9 Å². The Labute approximate surface area is 298 Å². The summed E-state index contributed by atoms with van der Waals surface area (Å²) in [7, 11) is 0. The molecule has 51 heavy (non-hydrogen) atoms. The summed E-state index contributed by atoms with van der Waals surface area (Å²) in [5, 5.41) is 64.4. The number of cyclic esters (lactones) is 1. The Kier molecular flexibility index (Phi) is 10.2. The molecule has 0 unspecified atom stereocenters. The molecule has 7 aliphatic rings. The largest absolute Gasteiger partial charge is 0.459 e. The molecule has 0 spiro atoms. The van der Waals surface area contributed by atoms with Gasteiger partial charge in [-0.2, -0.15) is 0 Å². The number of aliphatic hydroxyl groups is 6. The number of hydrogen-bond acceptors (Lipinski definition) is 14. The van der Waals surface area contributed by atoms with Crippen molar-refractivity contribution in [3.8, 4) is 0 Å². The van der Waals surface area contributed by atoms with Gasteiger partial charge in [-0.25, -0.2) is 4.79 Å². The van der Waals surface area contributed by atoms with E-state index in [9.17, 15) is 40.2 Å². The van der Waals surface area contributed by atoms with Gasteiger partial charge in [0.25, 0.3) is 0 Å². The smallest absolute Gasteiger partial charge is 0.331 e. The van der Waals surface area contributed by atoms with Gasteiger partial charge in [0.1, 0.15) is 43.2 Å². The second-order valence-corrected chi connectivity index (χ2v) is 16.9. The van der Waals surface area contributed by atoms with Gasteiger partial charge < -0.3 is 59.1 Å². The minimum absolute atomic E-state index is 0.0140. The standard InChI is InChI=1S/C37H56O14/c1-17-33(51-34-32(44)31(43)30(42)26(15-38)50-34)25(48-18(2)39)13-28(47-17)49-21-7-9-35(3)20(12-21)5-6-23-22(35)8-10-36(4)29(19-11-27(41)46-16-19)24(40)14-37(23,36)45/h11,17,20-26,28-34,38,40,42-45H,5-10,12-16H2,1-4H3/t17-,20-,21+,22+,23-,24+,25+,26-,28+,29+,30-,31+,32-,33-,34+,35+,36-,37+/m1/s1.